The van der Waals surface area contributed by atoms with E-state index in [2.05, 4.69) is 11.8 Å². The Kier molecular flexibility index (Phi) is 5.29. The lowest BCUT2D eigenvalue weighted by molar-refractivity contribution is 0.305. The van der Waals surface area contributed by atoms with Gasteiger partial charge in [-0.25, -0.2) is 0 Å². The van der Waals surface area contributed by atoms with Crippen molar-refractivity contribution in [1.29, 1.82) is 0 Å². The first-order valence-electron chi connectivity index (χ1n) is 5.84. The van der Waals surface area contributed by atoms with E-state index in [0.29, 0.717) is 18.1 Å². The Morgan fingerprint density at radius 2 is 2.21 bits per heavy atom. The van der Waals surface area contributed by atoms with Crippen LogP contribution >= 0.6 is 22.9 Å². The third kappa shape index (κ3) is 4.29. The topological polar surface area (TPSA) is 29.5 Å². The highest BCUT2D eigenvalue weighted by atomic mass is 35.5. The first kappa shape index (κ1) is 14.0. The Bertz CT molecular complexity index is 595. The Morgan fingerprint density at radius 3 is 3.00 bits per heavy atom. The molecule has 98 valence electrons. The predicted molar refractivity (Wildman–Crippen MR) is 78.7 cm³/mol. The summed E-state index contributed by atoms with van der Waals surface area (Å²) in [6.07, 6.45) is 0.491. The van der Waals surface area contributed by atoms with Gasteiger partial charge in [0.1, 0.15) is 12.4 Å². The van der Waals surface area contributed by atoms with Crippen molar-refractivity contribution in [3.8, 4) is 17.6 Å². The van der Waals surface area contributed by atoms with Crippen LogP contribution in [-0.4, -0.2) is 11.7 Å². The van der Waals surface area contributed by atoms with Crippen LogP contribution in [0.3, 0.4) is 0 Å². The molecule has 0 unspecified atom stereocenters. The molecular formula is C15H13ClO2S. The van der Waals surface area contributed by atoms with Crippen molar-refractivity contribution in [2.75, 3.05) is 6.61 Å². The molecule has 19 heavy (non-hydrogen) atoms. The average molecular weight is 293 g/mol. The van der Waals surface area contributed by atoms with Gasteiger partial charge in [-0.1, -0.05) is 29.5 Å². The van der Waals surface area contributed by atoms with Gasteiger partial charge in [0.25, 0.3) is 0 Å². The summed E-state index contributed by atoms with van der Waals surface area (Å²) >= 11 is 7.51. The van der Waals surface area contributed by atoms with Crippen LogP contribution in [0.5, 0.6) is 5.75 Å². The second-order valence-corrected chi connectivity index (χ2v) is 5.22. The summed E-state index contributed by atoms with van der Waals surface area (Å²) in [6, 6.07) is 9.29. The number of aliphatic hydroxyl groups is 1. The zero-order valence-corrected chi connectivity index (χ0v) is 11.8. The number of ether oxygens (including phenoxy) is 1. The van der Waals surface area contributed by atoms with Crippen molar-refractivity contribution >= 4 is 22.9 Å². The Labute approximate surface area is 121 Å². The first-order chi connectivity index (χ1) is 9.29. The fourth-order valence-electron chi connectivity index (χ4n) is 1.48. The zero-order valence-electron chi connectivity index (χ0n) is 10.2. The van der Waals surface area contributed by atoms with Crippen LogP contribution in [0.1, 0.15) is 16.9 Å². The molecule has 0 radical (unpaired) electrons. The van der Waals surface area contributed by atoms with E-state index < -0.39 is 0 Å². The highest BCUT2D eigenvalue weighted by Gasteiger charge is 2.03. The molecule has 0 amide bonds. The van der Waals surface area contributed by atoms with E-state index >= 15 is 0 Å². The van der Waals surface area contributed by atoms with Crippen molar-refractivity contribution in [2.45, 2.75) is 13.0 Å². The lowest BCUT2D eigenvalue weighted by Crippen LogP contribution is -1.94. The van der Waals surface area contributed by atoms with E-state index in [0.717, 1.165) is 16.2 Å². The highest BCUT2D eigenvalue weighted by Crippen LogP contribution is 2.21. The maximum absolute atomic E-state index is 8.71. The van der Waals surface area contributed by atoms with Crippen molar-refractivity contribution in [3.05, 3.63) is 51.2 Å². The molecule has 1 heterocycles. The monoisotopic (exact) mass is 292 g/mol. The molecule has 1 aromatic heterocycles. The second kappa shape index (κ2) is 7.20. The SMILES string of the molecule is OCCC#Cc1ccsc1COc1cccc(Cl)c1. The van der Waals surface area contributed by atoms with Gasteiger partial charge in [-0.15, -0.1) is 11.3 Å². The summed E-state index contributed by atoms with van der Waals surface area (Å²) in [7, 11) is 0. The normalized spacial score (nSPS) is 9.79. The van der Waals surface area contributed by atoms with Crippen molar-refractivity contribution in [2.24, 2.45) is 0 Å². The lowest BCUT2D eigenvalue weighted by atomic mass is 10.2. The molecule has 0 saturated heterocycles. The molecule has 0 saturated carbocycles. The minimum Gasteiger partial charge on any atom is -0.488 e. The number of thiophene rings is 1. The molecule has 0 aliphatic heterocycles. The van der Waals surface area contributed by atoms with Gasteiger partial charge < -0.3 is 9.84 Å². The van der Waals surface area contributed by atoms with Crippen LogP contribution < -0.4 is 4.74 Å². The summed E-state index contributed by atoms with van der Waals surface area (Å²) in [5, 5.41) is 11.3. The number of hydrogen-bond acceptors (Lipinski definition) is 3. The van der Waals surface area contributed by atoms with E-state index in [1.807, 2.05) is 29.6 Å². The van der Waals surface area contributed by atoms with Gasteiger partial charge in [0.05, 0.1) is 11.5 Å². The van der Waals surface area contributed by atoms with Crippen LogP contribution in [0.4, 0.5) is 0 Å². The van der Waals surface area contributed by atoms with Crippen LogP contribution in [0, 0.1) is 11.8 Å². The number of benzene rings is 1. The molecule has 2 rings (SSSR count). The molecule has 0 aliphatic rings. The van der Waals surface area contributed by atoms with Crippen molar-refractivity contribution < 1.29 is 9.84 Å². The average Bonchev–Trinajstić information content (AvgIpc) is 2.84. The molecule has 2 aromatic rings. The van der Waals surface area contributed by atoms with Gasteiger partial charge in [-0.2, -0.15) is 0 Å². The molecule has 2 nitrogen and oxygen atoms in total. The Balaban J connectivity index is 2.01. The lowest BCUT2D eigenvalue weighted by Gasteiger charge is -2.05. The third-order valence-corrected chi connectivity index (χ3v) is 3.50. The molecule has 0 bridgehead atoms. The van der Waals surface area contributed by atoms with E-state index in [1.54, 1.807) is 17.4 Å². The summed E-state index contributed by atoms with van der Waals surface area (Å²) in [5.41, 5.74) is 0.959. The number of hydrogen-bond donors (Lipinski definition) is 1. The minimum atomic E-state index is 0.0888. The molecule has 1 aromatic carbocycles. The van der Waals surface area contributed by atoms with E-state index in [4.69, 9.17) is 21.4 Å². The maximum Gasteiger partial charge on any atom is 0.124 e. The third-order valence-electron chi connectivity index (χ3n) is 2.37. The fraction of sp³-hybridized carbons (Fsp3) is 0.200. The number of halogens is 1. The standard InChI is InChI=1S/C15H13ClO2S/c16-13-5-3-6-14(10-13)18-11-15-12(7-9-19-15)4-1-2-8-17/h3,5-7,9-10,17H,2,8,11H2. The number of aliphatic hydroxyl groups excluding tert-OH is 1. The van der Waals surface area contributed by atoms with Gasteiger partial charge in [-0.05, 0) is 29.6 Å². The molecular weight excluding hydrogens is 280 g/mol. The van der Waals surface area contributed by atoms with E-state index in [1.165, 1.54) is 0 Å². The summed E-state index contributed by atoms with van der Waals surface area (Å²) in [5.74, 6) is 6.70. The van der Waals surface area contributed by atoms with Gasteiger partial charge >= 0.3 is 0 Å². The van der Waals surface area contributed by atoms with Gasteiger partial charge in [-0.3, -0.25) is 0 Å². The summed E-state index contributed by atoms with van der Waals surface area (Å²) in [4.78, 5) is 1.07. The van der Waals surface area contributed by atoms with Crippen LogP contribution in [0.2, 0.25) is 5.02 Å². The zero-order chi connectivity index (χ0) is 13.5. The van der Waals surface area contributed by atoms with E-state index in [9.17, 15) is 0 Å². The molecule has 4 heteroatoms. The number of rotatable bonds is 4. The van der Waals surface area contributed by atoms with Gasteiger partial charge in [0, 0.05) is 17.0 Å². The maximum atomic E-state index is 8.71. The van der Waals surface area contributed by atoms with Gasteiger partial charge in [0.2, 0.25) is 0 Å². The molecule has 0 atom stereocenters. The van der Waals surface area contributed by atoms with Crippen LogP contribution in [0.25, 0.3) is 0 Å². The summed E-state index contributed by atoms with van der Waals surface area (Å²) < 4.78 is 5.69. The minimum absolute atomic E-state index is 0.0888. The molecule has 1 N–H and O–H groups in total. The Hall–Kier alpha value is -1.47. The predicted octanol–water partition coefficient (Wildman–Crippen LogP) is 3.71. The van der Waals surface area contributed by atoms with Crippen molar-refractivity contribution in [3.63, 3.8) is 0 Å². The Morgan fingerprint density at radius 1 is 1.32 bits per heavy atom. The molecule has 0 spiro atoms. The highest BCUT2D eigenvalue weighted by molar-refractivity contribution is 7.10. The van der Waals surface area contributed by atoms with Crippen molar-refractivity contribution in [1.82, 2.24) is 0 Å². The van der Waals surface area contributed by atoms with Crippen LogP contribution in [-0.2, 0) is 6.61 Å². The summed E-state index contributed by atoms with van der Waals surface area (Å²) in [6.45, 7) is 0.562. The first-order valence-corrected chi connectivity index (χ1v) is 7.10. The van der Waals surface area contributed by atoms with E-state index in [-0.39, 0.29) is 6.61 Å². The molecule has 0 fully saturated rings. The smallest absolute Gasteiger partial charge is 0.124 e. The molecule has 0 aliphatic carbocycles. The fourth-order valence-corrected chi connectivity index (χ4v) is 2.40. The van der Waals surface area contributed by atoms with Crippen LogP contribution in [0.15, 0.2) is 35.7 Å². The second-order valence-electron chi connectivity index (χ2n) is 3.78. The van der Waals surface area contributed by atoms with Gasteiger partial charge in [0.15, 0.2) is 0 Å². The quantitative estimate of drug-likeness (QED) is 0.871. The largest absolute Gasteiger partial charge is 0.488 e.